The summed E-state index contributed by atoms with van der Waals surface area (Å²) in [6.45, 7) is 2.97. The molecule has 1 aromatic carbocycles. The zero-order chi connectivity index (χ0) is 18.7. The van der Waals surface area contributed by atoms with Crippen LogP contribution in [-0.2, 0) is 14.9 Å². The summed E-state index contributed by atoms with van der Waals surface area (Å²) >= 11 is 0. The van der Waals surface area contributed by atoms with E-state index in [4.69, 9.17) is 4.74 Å². The van der Waals surface area contributed by atoms with Gasteiger partial charge in [-0.2, -0.15) is 0 Å². The molecule has 5 aliphatic heterocycles. The van der Waals surface area contributed by atoms with E-state index < -0.39 is 11.5 Å². The minimum atomic E-state index is -0.849. The van der Waals surface area contributed by atoms with Gasteiger partial charge in [0, 0.05) is 42.7 Å². The third-order valence-corrected chi connectivity index (χ3v) is 8.72. The Morgan fingerprint density at radius 2 is 2.15 bits per heavy atom. The molecular formula is C22H26N2O3. The molecule has 5 fully saturated rings. The number of hydrogen-bond donors (Lipinski definition) is 1. The van der Waals surface area contributed by atoms with E-state index in [2.05, 4.69) is 54.1 Å². The van der Waals surface area contributed by atoms with Gasteiger partial charge in [0.2, 0.25) is 0 Å². The molecule has 6 aliphatic rings. The Hall–Kier alpha value is -1.85. The van der Waals surface area contributed by atoms with Crippen LogP contribution in [0.5, 0.6) is 0 Å². The number of para-hydroxylation sites is 1. The fourth-order valence-corrected chi connectivity index (χ4v) is 7.97. The Balaban J connectivity index is 1.67. The van der Waals surface area contributed by atoms with Gasteiger partial charge in [0.1, 0.15) is 5.41 Å². The first-order valence-corrected chi connectivity index (χ1v) is 10.0. The van der Waals surface area contributed by atoms with Gasteiger partial charge in [-0.1, -0.05) is 29.8 Å². The summed E-state index contributed by atoms with van der Waals surface area (Å²) in [5.74, 6) is -0.146. The van der Waals surface area contributed by atoms with E-state index in [1.165, 1.54) is 23.9 Å². The first-order chi connectivity index (χ1) is 13.0. The van der Waals surface area contributed by atoms with Crippen molar-refractivity contribution in [3.05, 3.63) is 41.5 Å². The van der Waals surface area contributed by atoms with E-state index in [9.17, 15) is 9.90 Å². The van der Waals surface area contributed by atoms with Crippen LogP contribution < -0.4 is 4.90 Å². The summed E-state index contributed by atoms with van der Waals surface area (Å²) < 4.78 is 5.37. The molecule has 142 valence electrons. The topological polar surface area (TPSA) is 53.0 Å². The number of rotatable bonds is 1. The highest BCUT2D eigenvalue weighted by Gasteiger charge is 2.82. The number of anilines is 1. The Morgan fingerprint density at radius 1 is 1.37 bits per heavy atom. The fourth-order valence-electron chi connectivity index (χ4n) is 7.97. The summed E-state index contributed by atoms with van der Waals surface area (Å²) in [6, 6.07) is 9.09. The van der Waals surface area contributed by atoms with E-state index >= 15 is 0 Å². The van der Waals surface area contributed by atoms with Crippen LogP contribution in [0.2, 0.25) is 0 Å². The van der Waals surface area contributed by atoms with Gasteiger partial charge in [-0.25, -0.2) is 0 Å². The summed E-state index contributed by atoms with van der Waals surface area (Å²) in [5.41, 5.74) is 2.48. The molecule has 5 nitrogen and oxygen atoms in total. The molecule has 8 atom stereocenters. The maximum Gasteiger partial charge on any atom is 0.316 e. The van der Waals surface area contributed by atoms with Crippen LogP contribution >= 0.6 is 0 Å². The molecule has 7 rings (SSSR count). The number of nitrogens with zero attached hydrogens (tertiary/aromatic N) is 2. The minimum absolute atomic E-state index is 0.0585. The summed E-state index contributed by atoms with van der Waals surface area (Å²) in [5, 5.41) is 12.0. The molecule has 1 aromatic rings. The zero-order valence-electron chi connectivity index (χ0n) is 16.1. The van der Waals surface area contributed by atoms with Gasteiger partial charge < -0.3 is 14.7 Å². The van der Waals surface area contributed by atoms with Crippen molar-refractivity contribution in [2.24, 2.45) is 11.3 Å². The Morgan fingerprint density at radius 3 is 2.89 bits per heavy atom. The number of fused-ring (bicyclic) bond motifs is 2. The van der Waals surface area contributed by atoms with Gasteiger partial charge in [0.05, 0.1) is 19.3 Å². The molecule has 1 aliphatic carbocycles. The van der Waals surface area contributed by atoms with Crippen molar-refractivity contribution < 1.29 is 14.6 Å². The summed E-state index contributed by atoms with van der Waals surface area (Å²) in [6.07, 6.45) is 3.19. The van der Waals surface area contributed by atoms with Crippen molar-refractivity contribution in [2.75, 3.05) is 25.6 Å². The number of esters is 1. The van der Waals surface area contributed by atoms with Crippen LogP contribution in [0, 0.1) is 11.3 Å². The lowest BCUT2D eigenvalue weighted by molar-refractivity contribution is -0.179. The number of piperidine rings is 4. The number of aliphatic hydroxyl groups excluding tert-OH is 1. The molecule has 27 heavy (non-hydrogen) atoms. The molecule has 0 radical (unpaired) electrons. The molecule has 5 heterocycles. The standard InChI is InChI=1S/C22H26N2O3/c1-4-12-11-24-16-9-14(12)22(20(26)27-3)17(24)10-21(19(22)25)13-7-5-6-8-15(13)23(2)18(16)21/h4-8,14,16-19,25H,9-11H2,1-3H3/b12-4+/t14?,16?,17-,18?,19?,21+,22?/m0/s1. The second kappa shape index (κ2) is 4.76. The average molecular weight is 366 g/mol. The quantitative estimate of drug-likeness (QED) is 0.606. The van der Waals surface area contributed by atoms with E-state index in [-0.39, 0.29) is 29.4 Å². The van der Waals surface area contributed by atoms with Crippen LogP contribution in [-0.4, -0.2) is 60.9 Å². The monoisotopic (exact) mass is 366 g/mol. The van der Waals surface area contributed by atoms with Crippen molar-refractivity contribution in [3.63, 3.8) is 0 Å². The Bertz CT molecular complexity index is 897. The maximum absolute atomic E-state index is 13.3. The first-order valence-electron chi connectivity index (χ1n) is 10.0. The van der Waals surface area contributed by atoms with Gasteiger partial charge in [0.25, 0.3) is 0 Å². The van der Waals surface area contributed by atoms with Crippen LogP contribution in [0.25, 0.3) is 0 Å². The maximum atomic E-state index is 13.3. The van der Waals surface area contributed by atoms with Crippen molar-refractivity contribution in [2.45, 2.75) is 49.4 Å². The van der Waals surface area contributed by atoms with Gasteiger partial charge >= 0.3 is 5.97 Å². The SMILES string of the molecule is C/C=C1\CN2C3CC1C1(C(=O)OC)C(O)[C@]4(C[C@H]21)c1ccccc1N(C)C34. The Kier molecular flexibility index (Phi) is 2.84. The molecule has 1 saturated carbocycles. The lowest BCUT2D eigenvalue weighted by atomic mass is 9.58. The van der Waals surface area contributed by atoms with Gasteiger partial charge in [0.15, 0.2) is 0 Å². The number of carbonyl (C=O) groups excluding carboxylic acids is 1. The van der Waals surface area contributed by atoms with Gasteiger partial charge in [-0.15, -0.1) is 0 Å². The smallest absolute Gasteiger partial charge is 0.316 e. The second-order valence-electron chi connectivity index (χ2n) is 9.05. The van der Waals surface area contributed by atoms with E-state index in [0.717, 1.165) is 19.4 Å². The number of benzene rings is 1. The van der Waals surface area contributed by atoms with Crippen LogP contribution in [0.1, 0.15) is 25.3 Å². The molecule has 6 unspecified atom stereocenters. The van der Waals surface area contributed by atoms with Crippen molar-refractivity contribution >= 4 is 11.7 Å². The third-order valence-electron chi connectivity index (χ3n) is 8.72. The van der Waals surface area contributed by atoms with E-state index in [1.54, 1.807) is 0 Å². The molecule has 5 bridgehead atoms. The van der Waals surface area contributed by atoms with Crippen molar-refractivity contribution in [3.8, 4) is 0 Å². The molecule has 0 aromatic heterocycles. The van der Waals surface area contributed by atoms with Crippen LogP contribution in [0.3, 0.4) is 0 Å². The number of aliphatic hydroxyl groups is 1. The molecule has 5 heteroatoms. The number of ether oxygens (including phenoxy) is 1. The predicted molar refractivity (Wildman–Crippen MR) is 102 cm³/mol. The normalized spacial score (nSPS) is 49.5. The molecule has 0 amide bonds. The Labute approximate surface area is 159 Å². The molecule has 4 saturated heterocycles. The first kappa shape index (κ1) is 16.1. The predicted octanol–water partition coefficient (Wildman–Crippen LogP) is 1.70. The summed E-state index contributed by atoms with van der Waals surface area (Å²) in [4.78, 5) is 18.2. The zero-order valence-corrected chi connectivity index (χ0v) is 16.1. The highest BCUT2D eigenvalue weighted by atomic mass is 16.5. The lowest BCUT2D eigenvalue weighted by Crippen LogP contribution is -2.71. The third kappa shape index (κ3) is 1.40. The second-order valence-corrected chi connectivity index (χ2v) is 9.05. The van der Waals surface area contributed by atoms with E-state index in [0.29, 0.717) is 6.04 Å². The number of methoxy groups -OCH3 is 1. The van der Waals surface area contributed by atoms with Crippen LogP contribution in [0.15, 0.2) is 35.9 Å². The molecule has 1 spiro atoms. The number of carbonyl (C=O) groups is 1. The van der Waals surface area contributed by atoms with Crippen LogP contribution in [0.4, 0.5) is 5.69 Å². The lowest BCUT2D eigenvalue weighted by Gasteiger charge is -2.61. The van der Waals surface area contributed by atoms with Crippen molar-refractivity contribution in [1.82, 2.24) is 4.90 Å². The average Bonchev–Trinajstić information content (AvgIpc) is 3.08. The van der Waals surface area contributed by atoms with E-state index in [1.807, 2.05) is 0 Å². The minimum Gasteiger partial charge on any atom is -0.468 e. The molecular weight excluding hydrogens is 340 g/mol. The highest BCUT2D eigenvalue weighted by Crippen LogP contribution is 2.72. The van der Waals surface area contributed by atoms with Gasteiger partial charge in [-0.05, 0) is 31.4 Å². The number of likely N-dealkylation sites (N-methyl/N-ethyl adjacent to an activating group) is 1. The number of allylic oxidation sites excluding steroid dienone is 1. The number of hydrogen-bond acceptors (Lipinski definition) is 5. The molecule has 1 N–H and O–H groups in total. The largest absolute Gasteiger partial charge is 0.468 e. The van der Waals surface area contributed by atoms with Gasteiger partial charge in [-0.3, -0.25) is 9.69 Å². The fraction of sp³-hybridized carbons (Fsp3) is 0.591. The van der Waals surface area contributed by atoms with Crippen molar-refractivity contribution in [1.29, 1.82) is 0 Å². The highest BCUT2D eigenvalue weighted by molar-refractivity contribution is 5.84. The summed E-state index contributed by atoms with van der Waals surface area (Å²) in [7, 11) is 3.63.